The van der Waals surface area contributed by atoms with Crippen LogP contribution >= 0.6 is 0 Å². The second-order valence-electron chi connectivity index (χ2n) is 6.81. The van der Waals surface area contributed by atoms with Crippen molar-refractivity contribution in [3.63, 3.8) is 0 Å². The first-order valence-corrected chi connectivity index (χ1v) is 9.30. The third-order valence-corrected chi connectivity index (χ3v) is 5.05. The van der Waals surface area contributed by atoms with Crippen molar-refractivity contribution in [2.45, 2.75) is 13.8 Å². The van der Waals surface area contributed by atoms with Crippen molar-refractivity contribution in [2.75, 3.05) is 31.6 Å². The average molecular weight is 345 g/mol. The summed E-state index contributed by atoms with van der Waals surface area (Å²) in [4.78, 5) is 4.67. The van der Waals surface area contributed by atoms with Crippen LogP contribution in [0.1, 0.15) is 18.1 Å². The van der Waals surface area contributed by atoms with E-state index in [0.717, 1.165) is 25.3 Å². The van der Waals surface area contributed by atoms with Gasteiger partial charge in [-0.2, -0.15) is 0 Å². The van der Waals surface area contributed by atoms with Gasteiger partial charge in [0.1, 0.15) is 0 Å². The maximum Gasteiger partial charge on any atom is 0.0371 e. The number of likely N-dealkylation sites (N-methyl/N-ethyl adjacent to an activating group) is 2. The summed E-state index contributed by atoms with van der Waals surface area (Å²) in [5.41, 5.74) is 4.86. The highest BCUT2D eigenvalue weighted by atomic mass is 15.2. The van der Waals surface area contributed by atoms with Crippen molar-refractivity contribution >= 4 is 22.2 Å². The van der Waals surface area contributed by atoms with Crippen molar-refractivity contribution in [1.82, 2.24) is 4.90 Å². The van der Waals surface area contributed by atoms with Gasteiger partial charge in [-0.15, -0.1) is 0 Å². The van der Waals surface area contributed by atoms with Gasteiger partial charge in [-0.1, -0.05) is 66.7 Å². The topological polar surface area (TPSA) is 6.48 Å². The summed E-state index contributed by atoms with van der Waals surface area (Å²) in [5.74, 6) is 0. The Labute approximate surface area is 157 Å². The minimum absolute atomic E-state index is 0.934. The van der Waals surface area contributed by atoms with Gasteiger partial charge in [0.05, 0.1) is 0 Å². The smallest absolute Gasteiger partial charge is 0.0371 e. The first-order valence-electron chi connectivity index (χ1n) is 9.30. The standard InChI is InChI=1S/C24H28N2/c1-5-26(22-15-13-19(2)14-16-22)18-17-25(4)20(3)23-12-8-10-21-9-6-7-11-24(21)23/h6-16H,3,5,17-18H2,1-2,4H3. The molecule has 0 N–H and O–H groups in total. The van der Waals surface area contributed by atoms with Gasteiger partial charge in [0.25, 0.3) is 0 Å². The molecule has 3 rings (SSSR count). The molecule has 0 saturated carbocycles. The first kappa shape index (κ1) is 18.1. The molecule has 0 fully saturated rings. The van der Waals surface area contributed by atoms with Crippen LogP contribution in [-0.4, -0.2) is 31.6 Å². The maximum atomic E-state index is 4.37. The highest BCUT2D eigenvalue weighted by Crippen LogP contribution is 2.26. The Morgan fingerprint density at radius 2 is 1.58 bits per heavy atom. The van der Waals surface area contributed by atoms with E-state index in [4.69, 9.17) is 0 Å². The zero-order valence-electron chi connectivity index (χ0n) is 16.1. The minimum atomic E-state index is 0.934. The monoisotopic (exact) mass is 344 g/mol. The zero-order chi connectivity index (χ0) is 18.5. The number of aryl methyl sites for hydroxylation is 1. The molecule has 0 aliphatic carbocycles. The van der Waals surface area contributed by atoms with Crippen LogP contribution < -0.4 is 4.90 Å². The van der Waals surface area contributed by atoms with E-state index in [2.05, 4.69) is 104 Å². The third-order valence-electron chi connectivity index (χ3n) is 5.05. The molecule has 0 atom stereocenters. The highest BCUT2D eigenvalue weighted by Gasteiger charge is 2.11. The molecule has 0 aliphatic rings. The number of benzene rings is 3. The molecule has 0 saturated heterocycles. The van der Waals surface area contributed by atoms with Crippen molar-refractivity contribution in [3.05, 3.63) is 84.4 Å². The molecule has 0 bridgehead atoms. The fourth-order valence-electron chi connectivity index (χ4n) is 3.31. The van der Waals surface area contributed by atoms with Crippen molar-refractivity contribution in [3.8, 4) is 0 Å². The predicted molar refractivity (Wildman–Crippen MR) is 115 cm³/mol. The minimum Gasteiger partial charge on any atom is -0.373 e. The fraction of sp³-hybridized carbons (Fsp3) is 0.250. The van der Waals surface area contributed by atoms with E-state index in [1.54, 1.807) is 0 Å². The molecule has 0 amide bonds. The van der Waals surface area contributed by atoms with Crippen molar-refractivity contribution < 1.29 is 0 Å². The predicted octanol–water partition coefficient (Wildman–Crippen LogP) is 5.58. The van der Waals surface area contributed by atoms with Gasteiger partial charge in [-0.25, -0.2) is 0 Å². The van der Waals surface area contributed by atoms with Gasteiger partial charge in [0, 0.05) is 43.6 Å². The molecule has 2 nitrogen and oxygen atoms in total. The summed E-state index contributed by atoms with van der Waals surface area (Å²) in [7, 11) is 2.13. The molecule has 26 heavy (non-hydrogen) atoms. The molecule has 0 aliphatic heterocycles. The molecule has 3 aromatic rings. The van der Waals surface area contributed by atoms with Crippen LogP contribution in [0.3, 0.4) is 0 Å². The summed E-state index contributed by atoms with van der Waals surface area (Å²) in [6.07, 6.45) is 0. The lowest BCUT2D eigenvalue weighted by molar-refractivity contribution is 0.483. The number of fused-ring (bicyclic) bond motifs is 1. The quantitative estimate of drug-likeness (QED) is 0.552. The summed E-state index contributed by atoms with van der Waals surface area (Å²) in [6.45, 7) is 11.6. The fourth-order valence-corrected chi connectivity index (χ4v) is 3.31. The molecule has 0 aromatic heterocycles. The summed E-state index contributed by atoms with van der Waals surface area (Å²) in [6, 6.07) is 23.7. The zero-order valence-corrected chi connectivity index (χ0v) is 16.1. The number of hydrogen-bond donors (Lipinski definition) is 0. The van der Waals surface area contributed by atoms with Gasteiger partial charge >= 0.3 is 0 Å². The Morgan fingerprint density at radius 1 is 0.885 bits per heavy atom. The van der Waals surface area contributed by atoms with E-state index in [-0.39, 0.29) is 0 Å². The van der Waals surface area contributed by atoms with E-state index in [1.807, 2.05) is 0 Å². The second-order valence-corrected chi connectivity index (χ2v) is 6.81. The van der Waals surface area contributed by atoms with Gasteiger partial charge in [-0.3, -0.25) is 0 Å². The molecule has 0 radical (unpaired) electrons. The lowest BCUT2D eigenvalue weighted by Crippen LogP contribution is -2.32. The Morgan fingerprint density at radius 3 is 2.31 bits per heavy atom. The Bertz CT molecular complexity index is 875. The molecule has 0 unspecified atom stereocenters. The SMILES string of the molecule is C=C(c1cccc2ccccc12)N(C)CCN(CC)c1ccc(C)cc1. The van der Waals surface area contributed by atoms with Gasteiger partial charge in [0.15, 0.2) is 0 Å². The van der Waals surface area contributed by atoms with E-state index in [1.165, 1.54) is 27.6 Å². The van der Waals surface area contributed by atoms with Crippen LogP contribution in [0.5, 0.6) is 0 Å². The highest BCUT2D eigenvalue weighted by molar-refractivity contribution is 5.93. The van der Waals surface area contributed by atoms with Gasteiger partial charge < -0.3 is 9.80 Å². The van der Waals surface area contributed by atoms with Crippen LogP contribution in [0.4, 0.5) is 5.69 Å². The van der Waals surface area contributed by atoms with Crippen LogP contribution in [0.25, 0.3) is 16.5 Å². The lowest BCUT2D eigenvalue weighted by atomic mass is 10.0. The lowest BCUT2D eigenvalue weighted by Gasteiger charge is -2.29. The molecule has 134 valence electrons. The van der Waals surface area contributed by atoms with E-state index < -0.39 is 0 Å². The van der Waals surface area contributed by atoms with Gasteiger partial charge in [-0.05, 0) is 36.8 Å². The maximum absolute atomic E-state index is 4.37. The summed E-state index contributed by atoms with van der Waals surface area (Å²) >= 11 is 0. The van der Waals surface area contributed by atoms with Crippen LogP contribution in [0, 0.1) is 6.92 Å². The normalized spacial score (nSPS) is 10.7. The molecular weight excluding hydrogens is 316 g/mol. The van der Waals surface area contributed by atoms with Crippen LogP contribution in [0.15, 0.2) is 73.3 Å². The number of hydrogen-bond acceptors (Lipinski definition) is 2. The molecule has 2 heteroatoms. The summed E-state index contributed by atoms with van der Waals surface area (Å²) in [5, 5.41) is 2.52. The second kappa shape index (κ2) is 8.09. The molecule has 3 aromatic carbocycles. The van der Waals surface area contributed by atoms with Crippen molar-refractivity contribution in [2.24, 2.45) is 0 Å². The number of rotatable bonds is 7. The van der Waals surface area contributed by atoms with E-state index in [0.29, 0.717) is 0 Å². The third kappa shape index (κ3) is 3.91. The van der Waals surface area contributed by atoms with Crippen molar-refractivity contribution in [1.29, 1.82) is 0 Å². The van der Waals surface area contributed by atoms with Gasteiger partial charge in [0.2, 0.25) is 0 Å². The van der Waals surface area contributed by atoms with E-state index >= 15 is 0 Å². The van der Waals surface area contributed by atoms with Crippen LogP contribution in [-0.2, 0) is 0 Å². The number of nitrogens with zero attached hydrogens (tertiary/aromatic N) is 2. The first-order chi connectivity index (χ1) is 12.6. The Kier molecular flexibility index (Phi) is 5.62. The average Bonchev–Trinajstić information content (AvgIpc) is 2.68. The van der Waals surface area contributed by atoms with Crippen LogP contribution in [0.2, 0.25) is 0 Å². The Hall–Kier alpha value is -2.74. The summed E-state index contributed by atoms with van der Waals surface area (Å²) < 4.78 is 0. The Balaban J connectivity index is 1.71. The largest absolute Gasteiger partial charge is 0.373 e. The molecular formula is C24H28N2. The number of anilines is 1. The van der Waals surface area contributed by atoms with E-state index in [9.17, 15) is 0 Å². The molecule has 0 heterocycles. The molecule has 0 spiro atoms.